The molecule has 0 aromatic rings. The molecule has 1 saturated heterocycles. The zero-order chi connectivity index (χ0) is 7.78. The summed E-state index contributed by atoms with van der Waals surface area (Å²) in [4.78, 5) is 10.6. The van der Waals surface area contributed by atoms with Crippen LogP contribution in [0.25, 0.3) is 0 Å². The van der Waals surface area contributed by atoms with E-state index in [2.05, 4.69) is 34.8 Å². The van der Waals surface area contributed by atoms with Crippen LogP contribution in [0.5, 0.6) is 0 Å². The SMILES string of the molecule is CC(I)[C@@]1(C)COC(=O)N1. The molecule has 1 aliphatic rings. The molecule has 1 fully saturated rings. The fourth-order valence-corrected chi connectivity index (χ4v) is 1.07. The number of amides is 1. The summed E-state index contributed by atoms with van der Waals surface area (Å²) < 4.78 is 5.16. The highest BCUT2D eigenvalue weighted by atomic mass is 127. The van der Waals surface area contributed by atoms with Gasteiger partial charge in [0.25, 0.3) is 0 Å². The van der Waals surface area contributed by atoms with Crippen LogP contribution in [-0.2, 0) is 4.74 Å². The van der Waals surface area contributed by atoms with E-state index in [9.17, 15) is 4.79 Å². The van der Waals surface area contributed by atoms with Gasteiger partial charge in [-0.05, 0) is 6.92 Å². The zero-order valence-electron chi connectivity index (χ0n) is 5.98. The molecule has 1 amide bonds. The molecule has 0 aliphatic carbocycles. The number of hydrogen-bond donors (Lipinski definition) is 1. The third kappa shape index (κ3) is 1.36. The van der Waals surface area contributed by atoms with Gasteiger partial charge in [-0.3, -0.25) is 0 Å². The number of carbonyl (C=O) groups excluding carboxylic acids is 1. The Labute approximate surface area is 73.6 Å². The molecule has 1 unspecified atom stereocenters. The van der Waals surface area contributed by atoms with Crippen molar-refractivity contribution in [3.63, 3.8) is 0 Å². The van der Waals surface area contributed by atoms with Gasteiger partial charge in [-0.2, -0.15) is 0 Å². The van der Waals surface area contributed by atoms with Crippen molar-refractivity contribution in [3.05, 3.63) is 0 Å². The van der Waals surface area contributed by atoms with Gasteiger partial charge in [0.1, 0.15) is 6.61 Å². The lowest BCUT2D eigenvalue weighted by atomic mass is 10.0. The minimum absolute atomic E-state index is 0.169. The predicted molar refractivity (Wildman–Crippen MR) is 46.4 cm³/mol. The highest BCUT2D eigenvalue weighted by Gasteiger charge is 2.38. The summed E-state index contributed by atoms with van der Waals surface area (Å²) in [6, 6.07) is 0. The second-order valence-corrected chi connectivity index (χ2v) is 4.60. The number of nitrogens with one attached hydrogen (secondary N) is 1. The molecule has 0 spiro atoms. The number of hydrogen-bond acceptors (Lipinski definition) is 2. The Morgan fingerprint density at radius 3 is 2.70 bits per heavy atom. The van der Waals surface area contributed by atoms with E-state index in [0.717, 1.165) is 0 Å². The van der Waals surface area contributed by atoms with Crippen LogP contribution in [0.3, 0.4) is 0 Å². The summed E-state index contributed by atoms with van der Waals surface area (Å²) >= 11 is 2.28. The number of halogens is 1. The second-order valence-electron chi connectivity index (χ2n) is 2.73. The van der Waals surface area contributed by atoms with Gasteiger partial charge in [0, 0.05) is 3.92 Å². The van der Waals surface area contributed by atoms with Gasteiger partial charge in [0.15, 0.2) is 0 Å². The largest absolute Gasteiger partial charge is 0.447 e. The molecule has 1 rings (SSSR count). The first-order valence-electron chi connectivity index (χ1n) is 3.13. The van der Waals surface area contributed by atoms with E-state index >= 15 is 0 Å². The molecule has 1 aliphatic heterocycles. The van der Waals surface area contributed by atoms with E-state index in [-0.39, 0.29) is 11.6 Å². The molecule has 0 radical (unpaired) electrons. The molecule has 3 nitrogen and oxygen atoms in total. The fourth-order valence-electron chi connectivity index (χ4n) is 0.735. The van der Waals surface area contributed by atoms with E-state index in [4.69, 9.17) is 4.74 Å². The Bertz CT molecular complexity index is 160. The summed E-state index contributed by atoms with van der Waals surface area (Å²) in [5, 5.41) is 2.76. The number of rotatable bonds is 1. The molecule has 1 heterocycles. The highest BCUT2D eigenvalue weighted by molar-refractivity contribution is 14.1. The van der Waals surface area contributed by atoms with Crippen molar-refractivity contribution in [2.24, 2.45) is 0 Å². The van der Waals surface area contributed by atoms with Gasteiger partial charge in [0.2, 0.25) is 0 Å². The van der Waals surface area contributed by atoms with E-state index in [1.807, 2.05) is 6.92 Å². The Balaban J connectivity index is 2.63. The molecule has 0 bridgehead atoms. The van der Waals surface area contributed by atoms with Gasteiger partial charge >= 0.3 is 6.09 Å². The number of alkyl halides is 1. The van der Waals surface area contributed by atoms with Gasteiger partial charge < -0.3 is 10.1 Å². The fraction of sp³-hybridized carbons (Fsp3) is 0.833. The minimum Gasteiger partial charge on any atom is -0.447 e. The molecular formula is C6H10INO2. The van der Waals surface area contributed by atoms with Crippen LogP contribution in [0, 0.1) is 0 Å². The van der Waals surface area contributed by atoms with Crippen LogP contribution in [0.4, 0.5) is 4.79 Å². The lowest BCUT2D eigenvalue weighted by Crippen LogP contribution is -2.46. The average molecular weight is 255 g/mol. The van der Waals surface area contributed by atoms with Gasteiger partial charge in [0.05, 0.1) is 5.54 Å². The number of cyclic esters (lactones) is 1. The molecule has 0 aromatic heterocycles. The van der Waals surface area contributed by atoms with Crippen molar-refractivity contribution in [3.8, 4) is 0 Å². The van der Waals surface area contributed by atoms with Crippen molar-refractivity contribution in [1.29, 1.82) is 0 Å². The van der Waals surface area contributed by atoms with Gasteiger partial charge in [-0.25, -0.2) is 4.79 Å². The van der Waals surface area contributed by atoms with Gasteiger partial charge in [-0.1, -0.05) is 29.5 Å². The van der Waals surface area contributed by atoms with Crippen LogP contribution in [0.1, 0.15) is 13.8 Å². The first kappa shape index (κ1) is 8.10. The van der Waals surface area contributed by atoms with Crippen molar-refractivity contribution in [1.82, 2.24) is 5.32 Å². The maximum absolute atomic E-state index is 10.6. The summed E-state index contributed by atoms with van der Waals surface area (Å²) in [6.07, 6.45) is -0.300. The van der Waals surface area contributed by atoms with E-state index in [0.29, 0.717) is 10.5 Å². The van der Waals surface area contributed by atoms with E-state index in [1.165, 1.54) is 0 Å². The van der Waals surface area contributed by atoms with Crippen molar-refractivity contribution in [2.45, 2.75) is 23.3 Å². The molecule has 4 heteroatoms. The third-order valence-corrected chi connectivity index (χ3v) is 3.14. The van der Waals surface area contributed by atoms with Crippen LogP contribution in [-0.4, -0.2) is 22.2 Å². The molecule has 0 aromatic carbocycles. The first-order chi connectivity index (χ1) is 4.54. The van der Waals surface area contributed by atoms with Crippen LogP contribution in [0.2, 0.25) is 0 Å². The quantitative estimate of drug-likeness (QED) is 0.566. The van der Waals surface area contributed by atoms with Crippen LogP contribution < -0.4 is 5.32 Å². The zero-order valence-corrected chi connectivity index (χ0v) is 8.14. The molecule has 2 atom stereocenters. The summed E-state index contributed by atoms with van der Waals surface area (Å²) in [5.74, 6) is 0. The maximum Gasteiger partial charge on any atom is 0.407 e. The normalized spacial score (nSPS) is 34.9. The number of carbonyl (C=O) groups is 1. The average Bonchev–Trinajstić information content (AvgIpc) is 2.13. The van der Waals surface area contributed by atoms with Crippen LogP contribution in [0.15, 0.2) is 0 Å². The minimum atomic E-state index is -0.300. The summed E-state index contributed by atoms with van der Waals surface area (Å²) in [5.41, 5.74) is -0.169. The molecule has 58 valence electrons. The molecule has 0 saturated carbocycles. The van der Waals surface area contributed by atoms with Crippen LogP contribution >= 0.6 is 22.6 Å². The topological polar surface area (TPSA) is 38.3 Å². The lowest BCUT2D eigenvalue weighted by Gasteiger charge is -2.23. The smallest absolute Gasteiger partial charge is 0.407 e. The Morgan fingerprint density at radius 1 is 1.90 bits per heavy atom. The highest BCUT2D eigenvalue weighted by Crippen LogP contribution is 2.22. The van der Waals surface area contributed by atoms with E-state index < -0.39 is 0 Å². The maximum atomic E-state index is 10.6. The van der Waals surface area contributed by atoms with E-state index in [1.54, 1.807) is 0 Å². The third-order valence-electron chi connectivity index (χ3n) is 1.77. The molecule has 1 N–H and O–H groups in total. The summed E-state index contributed by atoms with van der Waals surface area (Å²) in [6.45, 7) is 4.51. The first-order valence-corrected chi connectivity index (χ1v) is 4.38. The lowest BCUT2D eigenvalue weighted by molar-refractivity contribution is 0.173. The second kappa shape index (κ2) is 2.56. The Hall–Kier alpha value is 0. The van der Waals surface area contributed by atoms with Crippen molar-refractivity contribution < 1.29 is 9.53 Å². The van der Waals surface area contributed by atoms with Gasteiger partial charge in [-0.15, -0.1) is 0 Å². The Kier molecular flexibility index (Phi) is 2.07. The number of alkyl carbamates (subject to hydrolysis) is 1. The monoisotopic (exact) mass is 255 g/mol. The predicted octanol–water partition coefficient (Wildman–Crippen LogP) is 1.31. The molecular weight excluding hydrogens is 245 g/mol. The standard InChI is InChI=1S/C6H10INO2/c1-4(7)6(2)3-10-5(9)8-6/h4H,3H2,1-2H3,(H,8,9)/t4?,6-/m1/s1. The van der Waals surface area contributed by atoms with Crippen molar-refractivity contribution in [2.75, 3.05) is 6.61 Å². The Morgan fingerprint density at radius 2 is 2.50 bits per heavy atom. The summed E-state index contributed by atoms with van der Waals surface area (Å²) in [7, 11) is 0. The number of ether oxygens (including phenoxy) is 1. The van der Waals surface area contributed by atoms with Crippen molar-refractivity contribution >= 4 is 28.7 Å². The molecule has 10 heavy (non-hydrogen) atoms.